The SMILES string of the molecule is COC(=O)C1CNCCC1O.Cl. The first-order chi connectivity index (χ1) is 5.25. The monoisotopic (exact) mass is 195 g/mol. The van der Waals surface area contributed by atoms with Crippen LogP contribution in [-0.2, 0) is 9.53 Å². The summed E-state index contributed by atoms with van der Waals surface area (Å²) < 4.78 is 4.52. The Hall–Kier alpha value is -0.320. The van der Waals surface area contributed by atoms with Crippen LogP contribution in [0.4, 0.5) is 0 Å². The van der Waals surface area contributed by atoms with Crippen LogP contribution in [0.15, 0.2) is 0 Å². The Morgan fingerprint density at radius 2 is 2.33 bits per heavy atom. The number of carbonyl (C=O) groups excluding carboxylic acids is 1. The number of rotatable bonds is 1. The maximum absolute atomic E-state index is 11.0. The normalized spacial score (nSPS) is 28.8. The molecule has 72 valence electrons. The van der Waals surface area contributed by atoms with Gasteiger partial charge >= 0.3 is 5.97 Å². The Morgan fingerprint density at radius 1 is 1.67 bits per heavy atom. The van der Waals surface area contributed by atoms with Crippen molar-refractivity contribution in [2.24, 2.45) is 5.92 Å². The van der Waals surface area contributed by atoms with Crippen molar-refractivity contribution in [2.45, 2.75) is 12.5 Å². The van der Waals surface area contributed by atoms with E-state index >= 15 is 0 Å². The Labute approximate surface area is 77.7 Å². The molecule has 0 bridgehead atoms. The second-order valence-electron chi connectivity index (χ2n) is 2.69. The van der Waals surface area contributed by atoms with Gasteiger partial charge in [-0.25, -0.2) is 0 Å². The van der Waals surface area contributed by atoms with Gasteiger partial charge < -0.3 is 15.2 Å². The summed E-state index contributed by atoms with van der Waals surface area (Å²) in [5, 5.41) is 12.3. The van der Waals surface area contributed by atoms with Crippen LogP contribution in [-0.4, -0.2) is 37.4 Å². The molecule has 0 aromatic heterocycles. The average molecular weight is 196 g/mol. The number of aliphatic hydroxyl groups is 1. The largest absolute Gasteiger partial charge is 0.469 e. The first-order valence-corrected chi connectivity index (χ1v) is 3.72. The second kappa shape index (κ2) is 5.35. The number of hydrogen-bond acceptors (Lipinski definition) is 4. The number of ether oxygens (including phenoxy) is 1. The number of piperidine rings is 1. The van der Waals surface area contributed by atoms with Gasteiger partial charge in [-0.3, -0.25) is 4.79 Å². The third-order valence-corrected chi connectivity index (χ3v) is 1.95. The van der Waals surface area contributed by atoms with Gasteiger partial charge in [-0.05, 0) is 13.0 Å². The molecule has 4 nitrogen and oxygen atoms in total. The molecular formula is C7H14ClNO3. The highest BCUT2D eigenvalue weighted by atomic mass is 35.5. The summed E-state index contributed by atoms with van der Waals surface area (Å²) in [5.41, 5.74) is 0. The smallest absolute Gasteiger partial charge is 0.312 e. The van der Waals surface area contributed by atoms with Crippen molar-refractivity contribution in [3.63, 3.8) is 0 Å². The van der Waals surface area contributed by atoms with Gasteiger partial charge in [-0.1, -0.05) is 0 Å². The third kappa shape index (κ3) is 2.62. The molecule has 1 heterocycles. The van der Waals surface area contributed by atoms with Crippen molar-refractivity contribution in [2.75, 3.05) is 20.2 Å². The van der Waals surface area contributed by atoms with Gasteiger partial charge in [-0.15, -0.1) is 12.4 Å². The van der Waals surface area contributed by atoms with E-state index < -0.39 is 6.10 Å². The van der Waals surface area contributed by atoms with Crippen LogP contribution in [0, 0.1) is 5.92 Å². The molecule has 0 spiro atoms. The molecule has 2 atom stereocenters. The van der Waals surface area contributed by atoms with Crippen LogP contribution in [0.25, 0.3) is 0 Å². The molecular weight excluding hydrogens is 182 g/mol. The zero-order chi connectivity index (χ0) is 8.27. The summed E-state index contributed by atoms with van der Waals surface area (Å²) in [7, 11) is 1.34. The number of aliphatic hydroxyl groups excluding tert-OH is 1. The Bertz CT molecular complexity index is 154. The number of esters is 1. The maximum atomic E-state index is 11.0. The Kier molecular flexibility index (Phi) is 5.20. The predicted octanol–water partition coefficient (Wildman–Crippen LogP) is -0.448. The lowest BCUT2D eigenvalue weighted by Crippen LogP contribution is -2.44. The lowest BCUT2D eigenvalue weighted by atomic mass is 9.96. The topological polar surface area (TPSA) is 58.6 Å². The molecule has 1 saturated heterocycles. The highest BCUT2D eigenvalue weighted by Gasteiger charge is 2.29. The molecule has 12 heavy (non-hydrogen) atoms. The Balaban J connectivity index is 0.00000121. The highest BCUT2D eigenvalue weighted by molar-refractivity contribution is 5.85. The molecule has 0 aromatic carbocycles. The van der Waals surface area contributed by atoms with Gasteiger partial charge in [-0.2, -0.15) is 0 Å². The first kappa shape index (κ1) is 11.7. The average Bonchev–Trinajstić information content (AvgIpc) is 2.04. The number of carbonyl (C=O) groups is 1. The molecule has 0 amide bonds. The van der Waals surface area contributed by atoms with Gasteiger partial charge in [0.15, 0.2) is 0 Å². The molecule has 2 N–H and O–H groups in total. The fourth-order valence-electron chi connectivity index (χ4n) is 1.24. The fraction of sp³-hybridized carbons (Fsp3) is 0.857. The van der Waals surface area contributed by atoms with Crippen molar-refractivity contribution < 1.29 is 14.6 Å². The van der Waals surface area contributed by atoms with Crippen LogP contribution >= 0.6 is 12.4 Å². The summed E-state index contributed by atoms with van der Waals surface area (Å²) in [6, 6.07) is 0. The maximum Gasteiger partial charge on any atom is 0.312 e. The van der Waals surface area contributed by atoms with Gasteiger partial charge in [0.25, 0.3) is 0 Å². The summed E-state index contributed by atoms with van der Waals surface area (Å²) in [5.74, 6) is -0.710. The van der Waals surface area contributed by atoms with Crippen LogP contribution in [0.2, 0.25) is 0 Å². The van der Waals surface area contributed by atoms with Gasteiger partial charge in [0.2, 0.25) is 0 Å². The van der Waals surface area contributed by atoms with Gasteiger partial charge in [0.05, 0.1) is 19.1 Å². The number of hydrogen-bond donors (Lipinski definition) is 2. The fourth-order valence-corrected chi connectivity index (χ4v) is 1.24. The summed E-state index contributed by atoms with van der Waals surface area (Å²) in [6.07, 6.45) is 0.0865. The van der Waals surface area contributed by atoms with E-state index in [9.17, 15) is 9.90 Å². The van der Waals surface area contributed by atoms with E-state index in [0.29, 0.717) is 13.0 Å². The minimum atomic E-state index is -0.538. The molecule has 0 aliphatic carbocycles. The van der Waals surface area contributed by atoms with Crippen LogP contribution in [0.1, 0.15) is 6.42 Å². The van der Waals surface area contributed by atoms with Crippen molar-refractivity contribution in [1.82, 2.24) is 5.32 Å². The van der Waals surface area contributed by atoms with E-state index in [0.717, 1.165) is 6.54 Å². The van der Waals surface area contributed by atoms with Crippen LogP contribution < -0.4 is 5.32 Å². The van der Waals surface area contributed by atoms with Crippen LogP contribution in [0.3, 0.4) is 0 Å². The van der Waals surface area contributed by atoms with E-state index in [1.54, 1.807) is 0 Å². The summed E-state index contributed by atoms with van der Waals surface area (Å²) >= 11 is 0. The van der Waals surface area contributed by atoms with Crippen molar-refractivity contribution in [3.05, 3.63) is 0 Å². The third-order valence-electron chi connectivity index (χ3n) is 1.95. The second-order valence-corrected chi connectivity index (χ2v) is 2.69. The zero-order valence-electron chi connectivity index (χ0n) is 6.95. The Morgan fingerprint density at radius 3 is 2.83 bits per heavy atom. The van der Waals surface area contributed by atoms with Gasteiger partial charge in [0.1, 0.15) is 0 Å². The number of methoxy groups -OCH3 is 1. The first-order valence-electron chi connectivity index (χ1n) is 3.72. The van der Waals surface area contributed by atoms with Crippen molar-refractivity contribution in [1.29, 1.82) is 0 Å². The molecule has 0 aromatic rings. The van der Waals surface area contributed by atoms with Crippen molar-refractivity contribution >= 4 is 18.4 Å². The van der Waals surface area contributed by atoms with Crippen LogP contribution in [0.5, 0.6) is 0 Å². The highest BCUT2D eigenvalue weighted by Crippen LogP contribution is 2.11. The molecule has 0 radical (unpaired) electrons. The minimum Gasteiger partial charge on any atom is -0.469 e. The number of halogens is 1. The molecule has 1 aliphatic heterocycles. The van der Waals surface area contributed by atoms with E-state index in [2.05, 4.69) is 10.1 Å². The standard InChI is InChI=1S/C7H13NO3.ClH/c1-11-7(10)5-4-8-3-2-6(5)9;/h5-6,8-9H,2-4H2,1H3;1H. The molecule has 5 heteroatoms. The minimum absolute atomic E-state index is 0. The molecule has 1 rings (SSSR count). The molecule has 0 saturated carbocycles. The lowest BCUT2D eigenvalue weighted by Gasteiger charge is -2.25. The zero-order valence-corrected chi connectivity index (χ0v) is 7.76. The van der Waals surface area contributed by atoms with E-state index in [1.807, 2.05) is 0 Å². The quantitative estimate of drug-likeness (QED) is 0.557. The number of nitrogens with one attached hydrogen (secondary N) is 1. The molecule has 1 fully saturated rings. The van der Waals surface area contributed by atoms with Gasteiger partial charge in [0, 0.05) is 6.54 Å². The lowest BCUT2D eigenvalue weighted by molar-refractivity contribution is -0.150. The van der Waals surface area contributed by atoms with Crippen molar-refractivity contribution in [3.8, 4) is 0 Å². The summed E-state index contributed by atoms with van der Waals surface area (Å²) in [4.78, 5) is 11.0. The predicted molar refractivity (Wildman–Crippen MR) is 46.2 cm³/mol. The molecule has 2 unspecified atom stereocenters. The van der Waals surface area contributed by atoms with E-state index in [-0.39, 0.29) is 24.3 Å². The summed E-state index contributed by atoms with van der Waals surface area (Å²) in [6.45, 7) is 1.29. The molecule has 1 aliphatic rings. The van der Waals surface area contributed by atoms with E-state index in [4.69, 9.17) is 0 Å². The van der Waals surface area contributed by atoms with E-state index in [1.165, 1.54) is 7.11 Å².